The molecule has 0 unspecified atom stereocenters. The Hall–Kier alpha value is -3.79. The van der Waals surface area contributed by atoms with E-state index in [1.54, 1.807) is 29.2 Å². The second-order valence-corrected chi connectivity index (χ2v) is 9.65. The molecule has 0 bridgehead atoms. The molecule has 10 heteroatoms. The van der Waals surface area contributed by atoms with Crippen LogP contribution in [0.5, 0.6) is 11.5 Å². The van der Waals surface area contributed by atoms with Gasteiger partial charge in [-0.3, -0.25) is 24.1 Å². The maximum Gasteiger partial charge on any atom is 0.294 e. The summed E-state index contributed by atoms with van der Waals surface area (Å²) in [7, 11) is 1.47. The van der Waals surface area contributed by atoms with Gasteiger partial charge in [-0.15, -0.1) is 0 Å². The van der Waals surface area contributed by atoms with Crippen molar-refractivity contribution in [2.75, 3.05) is 38.7 Å². The van der Waals surface area contributed by atoms with E-state index in [2.05, 4.69) is 12.2 Å². The highest BCUT2D eigenvalue weighted by molar-refractivity contribution is 8.18. The second kappa shape index (κ2) is 12.0. The number of carbonyl (C=O) groups excluding carboxylic acids is 4. The molecular formula is C27H29N3O6S. The molecule has 2 aliphatic rings. The van der Waals surface area contributed by atoms with Gasteiger partial charge in [0.05, 0.1) is 12.0 Å². The SMILES string of the molecule is CCc1ccc(NC(=O)COc2ccc(/C=C3\SC(=O)N(CC(=O)N4CCCC4)C3=O)cc2OC)cc1. The number of ether oxygens (including phenoxy) is 2. The zero-order valence-electron chi connectivity index (χ0n) is 20.8. The van der Waals surface area contributed by atoms with E-state index in [-0.39, 0.29) is 29.9 Å². The van der Waals surface area contributed by atoms with E-state index in [4.69, 9.17) is 9.47 Å². The molecule has 4 rings (SSSR count). The molecule has 0 aromatic heterocycles. The number of aryl methyl sites for hydroxylation is 1. The summed E-state index contributed by atoms with van der Waals surface area (Å²) < 4.78 is 11.0. The van der Waals surface area contributed by atoms with Crippen LogP contribution < -0.4 is 14.8 Å². The van der Waals surface area contributed by atoms with Crippen LogP contribution in [0.4, 0.5) is 10.5 Å². The topological polar surface area (TPSA) is 105 Å². The van der Waals surface area contributed by atoms with Crippen molar-refractivity contribution in [2.45, 2.75) is 26.2 Å². The summed E-state index contributed by atoms with van der Waals surface area (Å²) in [6, 6.07) is 12.6. The first-order valence-electron chi connectivity index (χ1n) is 12.1. The van der Waals surface area contributed by atoms with E-state index in [1.165, 1.54) is 12.7 Å². The molecule has 0 spiro atoms. The number of nitrogens with one attached hydrogen (secondary N) is 1. The van der Waals surface area contributed by atoms with Crippen molar-refractivity contribution >= 4 is 46.5 Å². The first-order chi connectivity index (χ1) is 17.9. The Morgan fingerprint density at radius 1 is 1.05 bits per heavy atom. The lowest BCUT2D eigenvalue weighted by Gasteiger charge is -2.18. The molecule has 2 fully saturated rings. The average Bonchev–Trinajstić information content (AvgIpc) is 3.53. The van der Waals surface area contributed by atoms with E-state index in [1.807, 2.05) is 24.3 Å². The fraction of sp³-hybridized carbons (Fsp3) is 0.333. The summed E-state index contributed by atoms with van der Waals surface area (Å²) in [4.78, 5) is 52.8. The van der Waals surface area contributed by atoms with E-state index in [0.29, 0.717) is 35.8 Å². The van der Waals surface area contributed by atoms with Gasteiger partial charge in [0.15, 0.2) is 18.1 Å². The molecule has 0 saturated carbocycles. The maximum atomic E-state index is 12.8. The number of anilines is 1. The number of rotatable bonds is 9. The van der Waals surface area contributed by atoms with Crippen LogP contribution in [0.25, 0.3) is 6.08 Å². The second-order valence-electron chi connectivity index (χ2n) is 8.65. The van der Waals surface area contributed by atoms with Crippen LogP contribution in [0.1, 0.15) is 30.9 Å². The summed E-state index contributed by atoms with van der Waals surface area (Å²) >= 11 is 0.799. The molecular weight excluding hydrogens is 494 g/mol. The van der Waals surface area contributed by atoms with Gasteiger partial charge in [0.2, 0.25) is 5.91 Å². The molecule has 2 heterocycles. The smallest absolute Gasteiger partial charge is 0.294 e. The summed E-state index contributed by atoms with van der Waals surface area (Å²) in [5.41, 5.74) is 2.48. The van der Waals surface area contributed by atoms with Gasteiger partial charge in [-0.05, 0) is 72.5 Å². The van der Waals surface area contributed by atoms with Gasteiger partial charge in [-0.25, -0.2) is 0 Å². The van der Waals surface area contributed by atoms with Crippen LogP contribution in [0.3, 0.4) is 0 Å². The third-order valence-corrected chi connectivity index (χ3v) is 7.02. The molecule has 2 saturated heterocycles. The molecule has 0 atom stereocenters. The minimum absolute atomic E-state index is 0.213. The molecule has 0 aliphatic carbocycles. The van der Waals surface area contributed by atoms with Gasteiger partial charge >= 0.3 is 0 Å². The number of methoxy groups -OCH3 is 1. The van der Waals surface area contributed by atoms with Crippen molar-refractivity contribution in [2.24, 2.45) is 0 Å². The number of likely N-dealkylation sites (tertiary alicyclic amines) is 1. The molecule has 9 nitrogen and oxygen atoms in total. The number of carbonyl (C=O) groups is 4. The van der Waals surface area contributed by atoms with Crippen molar-refractivity contribution in [3.8, 4) is 11.5 Å². The molecule has 2 aliphatic heterocycles. The van der Waals surface area contributed by atoms with Crippen LogP contribution in [0, 0.1) is 0 Å². The molecule has 1 N–H and O–H groups in total. The Labute approximate surface area is 219 Å². The normalized spacial score (nSPS) is 16.4. The van der Waals surface area contributed by atoms with Gasteiger partial charge in [0.25, 0.3) is 17.1 Å². The van der Waals surface area contributed by atoms with Crippen molar-refractivity contribution in [3.63, 3.8) is 0 Å². The first-order valence-corrected chi connectivity index (χ1v) is 12.9. The predicted octanol–water partition coefficient (Wildman–Crippen LogP) is 3.93. The summed E-state index contributed by atoms with van der Waals surface area (Å²) in [5, 5.41) is 2.32. The first kappa shape index (κ1) is 26.3. The van der Waals surface area contributed by atoms with Crippen LogP contribution in [-0.4, -0.2) is 66.1 Å². The minimum atomic E-state index is -0.495. The van der Waals surface area contributed by atoms with Crippen molar-refractivity contribution in [3.05, 3.63) is 58.5 Å². The standard InChI is InChI=1S/C27H29N3O6S/c1-3-18-6-9-20(10-7-18)28-24(31)17-36-21-11-8-19(14-22(21)35-2)15-23-26(33)30(27(34)37-23)16-25(32)29-12-4-5-13-29/h6-11,14-15H,3-5,12-13,16-17H2,1-2H3,(H,28,31)/b23-15-. The van der Waals surface area contributed by atoms with Crippen LogP contribution in [-0.2, 0) is 20.8 Å². The highest BCUT2D eigenvalue weighted by Gasteiger charge is 2.37. The Morgan fingerprint density at radius 3 is 2.46 bits per heavy atom. The van der Waals surface area contributed by atoms with Gasteiger partial charge in [-0.1, -0.05) is 25.1 Å². The Bertz CT molecular complexity index is 1220. The third kappa shape index (κ3) is 6.51. The Kier molecular flexibility index (Phi) is 8.50. The zero-order chi connectivity index (χ0) is 26.4. The molecule has 2 aromatic carbocycles. The van der Waals surface area contributed by atoms with Crippen LogP contribution in [0.15, 0.2) is 47.4 Å². The number of nitrogens with zero attached hydrogens (tertiary/aromatic N) is 2. The van der Waals surface area contributed by atoms with Crippen molar-refractivity contribution in [1.82, 2.24) is 9.80 Å². The highest BCUT2D eigenvalue weighted by Crippen LogP contribution is 2.34. The Morgan fingerprint density at radius 2 is 1.78 bits per heavy atom. The summed E-state index contributed by atoms with van der Waals surface area (Å²) in [5.74, 6) is -0.290. The van der Waals surface area contributed by atoms with Gasteiger partial charge in [0, 0.05) is 18.8 Å². The van der Waals surface area contributed by atoms with Crippen LogP contribution >= 0.6 is 11.8 Å². The zero-order valence-corrected chi connectivity index (χ0v) is 21.6. The van der Waals surface area contributed by atoms with E-state index in [9.17, 15) is 19.2 Å². The maximum absolute atomic E-state index is 12.8. The molecule has 37 heavy (non-hydrogen) atoms. The monoisotopic (exact) mass is 523 g/mol. The molecule has 2 aromatic rings. The molecule has 4 amide bonds. The van der Waals surface area contributed by atoms with E-state index >= 15 is 0 Å². The van der Waals surface area contributed by atoms with E-state index < -0.39 is 11.1 Å². The van der Waals surface area contributed by atoms with Gasteiger partial charge < -0.3 is 19.7 Å². The van der Waals surface area contributed by atoms with Crippen molar-refractivity contribution < 1.29 is 28.7 Å². The molecule has 0 radical (unpaired) electrons. The largest absolute Gasteiger partial charge is 0.493 e. The molecule has 194 valence electrons. The summed E-state index contributed by atoms with van der Waals surface area (Å²) in [6.07, 6.45) is 4.37. The van der Waals surface area contributed by atoms with Gasteiger partial charge in [-0.2, -0.15) is 0 Å². The fourth-order valence-electron chi connectivity index (χ4n) is 4.05. The Balaban J connectivity index is 1.37. The van der Waals surface area contributed by atoms with E-state index in [0.717, 1.165) is 35.9 Å². The lowest BCUT2D eigenvalue weighted by Crippen LogP contribution is -2.40. The number of amides is 4. The predicted molar refractivity (Wildman–Crippen MR) is 141 cm³/mol. The third-order valence-electron chi connectivity index (χ3n) is 6.12. The number of hydrogen-bond acceptors (Lipinski definition) is 7. The number of imide groups is 1. The number of hydrogen-bond donors (Lipinski definition) is 1. The number of benzene rings is 2. The van der Waals surface area contributed by atoms with Gasteiger partial charge in [0.1, 0.15) is 6.54 Å². The fourth-order valence-corrected chi connectivity index (χ4v) is 4.89. The minimum Gasteiger partial charge on any atom is -0.493 e. The average molecular weight is 524 g/mol. The lowest BCUT2D eigenvalue weighted by atomic mass is 10.1. The number of thioether (sulfide) groups is 1. The van der Waals surface area contributed by atoms with Crippen molar-refractivity contribution in [1.29, 1.82) is 0 Å². The summed E-state index contributed by atoms with van der Waals surface area (Å²) in [6.45, 7) is 2.92. The lowest BCUT2D eigenvalue weighted by molar-refractivity contribution is -0.135. The highest BCUT2D eigenvalue weighted by atomic mass is 32.2. The van der Waals surface area contributed by atoms with Crippen LogP contribution in [0.2, 0.25) is 0 Å². The quantitative estimate of drug-likeness (QED) is 0.497.